The molecule has 2 aromatic carbocycles. The molecule has 2 aliphatic heterocycles. The molecular formula is C25H27FN2O4. The summed E-state index contributed by atoms with van der Waals surface area (Å²) in [6.45, 7) is 7.29. The van der Waals surface area contributed by atoms with Crippen LogP contribution < -0.4 is 9.64 Å². The Morgan fingerprint density at radius 3 is 2.31 bits per heavy atom. The number of rotatable bonds is 6. The van der Waals surface area contributed by atoms with Gasteiger partial charge in [-0.05, 0) is 50.1 Å². The smallest absolute Gasteiger partial charge is 0.282 e. The Balaban J connectivity index is 1.81. The average Bonchev–Trinajstić information content (AvgIpc) is 3.02. The van der Waals surface area contributed by atoms with Gasteiger partial charge in [0.2, 0.25) is 0 Å². The van der Waals surface area contributed by atoms with E-state index in [1.54, 1.807) is 24.3 Å². The zero-order valence-electron chi connectivity index (χ0n) is 18.5. The van der Waals surface area contributed by atoms with E-state index in [2.05, 4.69) is 0 Å². The summed E-state index contributed by atoms with van der Waals surface area (Å²) < 4.78 is 25.2. The van der Waals surface area contributed by atoms with Crippen LogP contribution in [0.3, 0.4) is 0 Å². The highest BCUT2D eigenvalue weighted by Crippen LogP contribution is 2.39. The van der Waals surface area contributed by atoms with Crippen molar-refractivity contribution in [3.63, 3.8) is 0 Å². The summed E-state index contributed by atoms with van der Waals surface area (Å²) in [6.07, 6.45) is 0.597. The number of hydrogen-bond donors (Lipinski definition) is 0. The molecule has 2 unspecified atom stereocenters. The number of para-hydroxylation sites is 2. The maximum Gasteiger partial charge on any atom is 0.282 e. The van der Waals surface area contributed by atoms with Gasteiger partial charge in [-0.15, -0.1) is 0 Å². The van der Waals surface area contributed by atoms with Crippen LogP contribution in [0.15, 0.2) is 54.2 Å². The molecule has 0 aliphatic carbocycles. The van der Waals surface area contributed by atoms with E-state index in [4.69, 9.17) is 9.47 Å². The van der Waals surface area contributed by atoms with Gasteiger partial charge in [0.25, 0.3) is 11.8 Å². The molecule has 0 saturated carbocycles. The zero-order valence-corrected chi connectivity index (χ0v) is 18.5. The topological polar surface area (TPSA) is 59.1 Å². The number of carbonyl (C=O) groups excluding carboxylic acids is 2. The van der Waals surface area contributed by atoms with Gasteiger partial charge in [-0.25, -0.2) is 9.29 Å². The van der Waals surface area contributed by atoms with E-state index in [0.29, 0.717) is 42.4 Å². The van der Waals surface area contributed by atoms with E-state index in [1.165, 1.54) is 29.2 Å². The van der Waals surface area contributed by atoms with Crippen LogP contribution >= 0.6 is 0 Å². The minimum Gasteiger partial charge on any atom is -0.491 e. The van der Waals surface area contributed by atoms with E-state index < -0.39 is 17.6 Å². The quantitative estimate of drug-likeness (QED) is 0.638. The van der Waals surface area contributed by atoms with Crippen LogP contribution in [-0.2, 0) is 14.3 Å². The van der Waals surface area contributed by atoms with E-state index >= 15 is 0 Å². The minimum atomic E-state index is -0.448. The first kappa shape index (κ1) is 22.0. The average molecular weight is 438 g/mol. The van der Waals surface area contributed by atoms with Crippen LogP contribution in [0.25, 0.3) is 5.57 Å². The summed E-state index contributed by atoms with van der Waals surface area (Å²) in [5.41, 5.74) is 1.48. The summed E-state index contributed by atoms with van der Waals surface area (Å²) in [5.74, 6) is -0.796. The predicted octanol–water partition coefficient (Wildman–Crippen LogP) is 4.01. The molecule has 2 aromatic rings. The highest BCUT2D eigenvalue weighted by atomic mass is 19.1. The number of anilines is 1. The van der Waals surface area contributed by atoms with E-state index in [-0.39, 0.29) is 17.8 Å². The molecule has 168 valence electrons. The van der Waals surface area contributed by atoms with Gasteiger partial charge < -0.3 is 14.4 Å². The number of ether oxygens (including phenoxy) is 2. The second-order valence-corrected chi connectivity index (χ2v) is 8.15. The van der Waals surface area contributed by atoms with Crippen molar-refractivity contribution in [2.75, 3.05) is 24.6 Å². The number of morpholine rings is 1. The van der Waals surface area contributed by atoms with Crippen molar-refractivity contribution < 1.29 is 23.5 Å². The third-order valence-electron chi connectivity index (χ3n) is 5.50. The molecule has 0 bridgehead atoms. The van der Waals surface area contributed by atoms with Gasteiger partial charge in [0.1, 0.15) is 17.3 Å². The summed E-state index contributed by atoms with van der Waals surface area (Å²) in [6, 6.07) is 12.7. The molecule has 2 amide bonds. The van der Waals surface area contributed by atoms with Crippen molar-refractivity contribution in [3.05, 3.63) is 65.6 Å². The van der Waals surface area contributed by atoms with Crippen molar-refractivity contribution in [1.29, 1.82) is 0 Å². The fraction of sp³-hybridized carbons (Fsp3) is 0.360. The summed E-state index contributed by atoms with van der Waals surface area (Å²) >= 11 is 0. The van der Waals surface area contributed by atoms with Crippen LogP contribution in [0.1, 0.15) is 32.8 Å². The van der Waals surface area contributed by atoms with Crippen molar-refractivity contribution in [2.45, 2.75) is 39.4 Å². The van der Waals surface area contributed by atoms with Gasteiger partial charge in [-0.1, -0.05) is 31.2 Å². The minimum absolute atomic E-state index is 0.0992. The number of carbonyl (C=O) groups is 2. The Hall–Kier alpha value is -3.19. The monoisotopic (exact) mass is 438 g/mol. The fourth-order valence-corrected chi connectivity index (χ4v) is 4.24. The lowest BCUT2D eigenvalue weighted by Gasteiger charge is -2.37. The van der Waals surface area contributed by atoms with Gasteiger partial charge in [0, 0.05) is 13.1 Å². The molecule has 0 radical (unpaired) electrons. The normalized spacial score (nSPS) is 21.5. The molecule has 4 rings (SSSR count). The van der Waals surface area contributed by atoms with Crippen LogP contribution in [0, 0.1) is 5.82 Å². The highest BCUT2D eigenvalue weighted by Gasteiger charge is 2.44. The number of halogens is 1. The van der Waals surface area contributed by atoms with E-state index in [9.17, 15) is 14.0 Å². The summed E-state index contributed by atoms with van der Waals surface area (Å²) in [4.78, 5) is 30.5. The zero-order chi connectivity index (χ0) is 22.8. The summed E-state index contributed by atoms with van der Waals surface area (Å²) in [5, 5.41) is 0. The standard InChI is InChI=1S/C25H27FN2O4/c1-4-13-31-21-8-6-5-7-20(21)28-24(29)22(18-9-11-19(26)12-10-18)23(25(28)30)27-14-16(2)32-17(3)15-27/h5-12,16-17H,4,13-15H2,1-3H3. The lowest BCUT2D eigenvalue weighted by Crippen LogP contribution is -2.47. The van der Waals surface area contributed by atoms with E-state index in [1.807, 2.05) is 25.7 Å². The Morgan fingerprint density at radius 1 is 1.00 bits per heavy atom. The molecule has 6 nitrogen and oxygen atoms in total. The molecule has 0 N–H and O–H groups in total. The van der Waals surface area contributed by atoms with Crippen molar-refractivity contribution in [1.82, 2.24) is 4.90 Å². The predicted molar refractivity (Wildman–Crippen MR) is 120 cm³/mol. The van der Waals surface area contributed by atoms with Gasteiger partial charge in [-0.3, -0.25) is 9.59 Å². The maximum absolute atomic E-state index is 13.7. The van der Waals surface area contributed by atoms with Gasteiger partial charge >= 0.3 is 0 Å². The molecule has 0 spiro atoms. The molecule has 1 fully saturated rings. The Labute approximate surface area is 187 Å². The van der Waals surface area contributed by atoms with Crippen LogP contribution in [-0.4, -0.2) is 48.6 Å². The van der Waals surface area contributed by atoms with Crippen LogP contribution in [0.5, 0.6) is 5.75 Å². The number of hydrogen-bond acceptors (Lipinski definition) is 5. The number of nitrogens with zero attached hydrogens (tertiary/aromatic N) is 2. The number of imide groups is 1. The number of amides is 2. The fourth-order valence-electron chi connectivity index (χ4n) is 4.24. The van der Waals surface area contributed by atoms with Gasteiger partial charge in [0.05, 0.1) is 30.1 Å². The SMILES string of the molecule is CCCOc1ccccc1N1C(=O)C(c2ccc(F)cc2)=C(N2CC(C)OC(C)C2)C1=O. The molecule has 2 atom stereocenters. The number of benzene rings is 2. The third-order valence-corrected chi connectivity index (χ3v) is 5.50. The molecule has 32 heavy (non-hydrogen) atoms. The molecule has 0 aromatic heterocycles. The molecule has 2 heterocycles. The Bertz CT molecular complexity index is 1040. The molecule has 7 heteroatoms. The second kappa shape index (κ2) is 9.12. The summed E-state index contributed by atoms with van der Waals surface area (Å²) in [7, 11) is 0. The highest BCUT2D eigenvalue weighted by molar-refractivity contribution is 6.45. The first-order chi connectivity index (χ1) is 15.4. The van der Waals surface area contributed by atoms with E-state index in [0.717, 1.165) is 6.42 Å². The largest absolute Gasteiger partial charge is 0.491 e. The van der Waals surface area contributed by atoms with Crippen molar-refractivity contribution >= 4 is 23.1 Å². The first-order valence-electron chi connectivity index (χ1n) is 10.9. The molecule has 1 saturated heterocycles. The lowest BCUT2D eigenvalue weighted by molar-refractivity contribution is -0.121. The molecular weight excluding hydrogens is 411 g/mol. The Morgan fingerprint density at radius 2 is 1.66 bits per heavy atom. The maximum atomic E-state index is 13.7. The second-order valence-electron chi connectivity index (χ2n) is 8.15. The first-order valence-corrected chi connectivity index (χ1v) is 10.9. The Kier molecular flexibility index (Phi) is 6.28. The van der Waals surface area contributed by atoms with Gasteiger partial charge in [0.15, 0.2) is 0 Å². The lowest BCUT2D eigenvalue weighted by atomic mass is 10.0. The molecule has 2 aliphatic rings. The van der Waals surface area contributed by atoms with Crippen molar-refractivity contribution in [3.8, 4) is 5.75 Å². The van der Waals surface area contributed by atoms with Crippen LogP contribution in [0.4, 0.5) is 10.1 Å². The van der Waals surface area contributed by atoms with Crippen molar-refractivity contribution in [2.24, 2.45) is 0 Å². The third kappa shape index (κ3) is 4.12. The van der Waals surface area contributed by atoms with Crippen LogP contribution in [0.2, 0.25) is 0 Å². The van der Waals surface area contributed by atoms with Gasteiger partial charge in [-0.2, -0.15) is 0 Å².